The molecule has 0 aliphatic heterocycles. The van der Waals surface area contributed by atoms with E-state index >= 15 is 0 Å². The highest BCUT2D eigenvalue weighted by Crippen LogP contribution is 2.19. The molecule has 0 amide bonds. The summed E-state index contributed by atoms with van der Waals surface area (Å²) in [6.45, 7) is 8.56. The third kappa shape index (κ3) is 8.78. The van der Waals surface area contributed by atoms with Gasteiger partial charge in [-0.15, -0.1) is 0 Å². The topological polar surface area (TPSA) is 9.23 Å². The van der Waals surface area contributed by atoms with Crippen LogP contribution >= 0.6 is 22.6 Å². The minimum atomic E-state index is 0.0120. The van der Waals surface area contributed by atoms with Gasteiger partial charge in [0.2, 0.25) is 0 Å². The third-order valence-electron chi connectivity index (χ3n) is 1.52. The van der Waals surface area contributed by atoms with Gasteiger partial charge in [-0.05, 0) is 27.2 Å². The van der Waals surface area contributed by atoms with Gasteiger partial charge in [-0.1, -0.05) is 48.8 Å². The maximum Gasteiger partial charge on any atom is 0.109 e. The number of unbranched alkanes of at least 4 members (excludes halogenated alkanes) is 2. The van der Waals surface area contributed by atoms with Crippen LogP contribution < -0.4 is 0 Å². The average Bonchev–Trinajstić information content (AvgIpc) is 1.84. The molecule has 0 aliphatic carbocycles. The fourth-order valence-electron chi connectivity index (χ4n) is 0.997. The molecule has 12 heavy (non-hydrogen) atoms. The Kier molecular flexibility index (Phi) is 6.55. The first-order chi connectivity index (χ1) is 5.45. The fourth-order valence-corrected chi connectivity index (χ4v) is 2.20. The van der Waals surface area contributed by atoms with E-state index in [0.717, 1.165) is 0 Å². The molecule has 0 fully saturated rings. The van der Waals surface area contributed by atoms with Crippen LogP contribution in [0.5, 0.6) is 0 Å². The number of halogens is 1. The highest BCUT2D eigenvalue weighted by atomic mass is 127. The lowest BCUT2D eigenvalue weighted by Gasteiger charge is -2.23. The monoisotopic (exact) mass is 284 g/mol. The molecule has 0 aliphatic rings. The summed E-state index contributed by atoms with van der Waals surface area (Å²) < 4.78 is 6.15. The fraction of sp³-hybridized carbons (Fsp3) is 1.00. The molecule has 0 aromatic carbocycles. The van der Waals surface area contributed by atoms with Crippen LogP contribution in [-0.4, -0.2) is 9.71 Å². The molecular weight excluding hydrogens is 263 g/mol. The lowest BCUT2D eigenvalue weighted by atomic mass is 10.2. The van der Waals surface area contributed by atoms with Crippen LogP contribution in [0.3, 0.4) is 0 Å². The van der Waals surface area contributed by atoms with Crippen molar-refractivity contribution in [1.82, 2.24) is 0 Å². The summed E-state index contributed by atoms with van der Waals surface area (Å²) in [6, 6.07) is 0. The smallest absolute Gasteiger partial charge is 0.109 e. The van der Waals surface area contributed by atoms with E-state index in [1.54, 1.807) is 0 Å². The number of hydrogen-bond donors (Lipinski definition) is 0. The van der Waals surface area contributed by atoms with Gasteiger partial charge in [0.15, 0.2) is 0 Å². The van der Waals surface area contributed by atoms with E-state index in [0.29, 0.717) is 4.11 Å². The first kappa shape index (κ1) is 12.7. The summed E-state index contributed by atoms with van der Waals surface area (Å²) in [6.07, 6.45) is 5.09. The van der Waals surface area contributed by atoms with E-state index in [1.807, 2.05) is 0 Å². The molecule has 0 saturated heterocycles. The third-order valence-corrected chi connectivity index (χ3v) is 2.39. The van der Waals surface area contributed by atoms with Crippen molar-refractivity contribution in [3.63, 3.8) is 0 Å². The predicted molar refractivity (Wildman–Crippen MR) is 62.8 cm³/mol. The molecule has 0 aromatic heterocycles. The zero-order valence-electron chi connectivity index (χ0n) is 8.69. The number of ether oxygens (including phenoxy) is 1. The van der Waals surface area contributed by atoms with Crippen LogP contribution in [0.1, 0.15) is 53.4 Å². The maximum absolute atomic E-state index is 5.77. The Morgan fingerprint density at radius 3 is 2.25 bits per heavy atom. The molecule has 0 saturated carbocycles. The van der Waals surface area contributed by atoms with Crippen LogP contribution in [0.15, 0.2) is 0 Å². The van der Waals surface area contributed by atoms with Gasteiger partial charge in [0.05, 0.1) is 5.60 Å². The lowest BCUT2D eigenvalue weighted by Crippen LogP contribution is -2.23. The van der Waals surface area contributed by atoms with Crippen molar-refractivity contribution in [2.45, 2.75) is 63.1 Å². The summed E-state index contributed by atoms with van der Waals surface area (Å²) in [7, 11) is 0. The average molecular weight is 284 g/mol. The second-order valence-electron chi connectivity index (χ2n) is 4.14. The molecule has 0 aromatic rings. The second-order valence-corrected chi connectivity index (χ2v) is 5.53. The number of hydrogen-bond acceptors (Lipinski definition) is 1. The molecule has 2 heteroatoms. The van der Waals surface area contributed by atoms with Crippen molar-refractivity contribution in [3.8, 4) is 0 Å². The Bertz CT molecular complexity index is 107. The maximum atomic E-state index is 5.77. The molecule has 1 nitrogen and oxygen atoms in total. The molecule has 74 valence electrons. The standard InChI is InChI=1S/C10H21IO/c1-5-6-7-8-9(11)12-10(2,3)4/h9H,5-8H2,1-4H3. The second kappa shape index (κ2) is 6.19. The molecule has 0 spiro atoms. The predicted octanol–water partition coefficient (Wildman–Crippen LogP) is 4.14. The van der Waals surface area contributed by atoms with Crippen LogP contribution in [-0.2, 0) is 4.74 Å². The molecule has 0 rings (SSSR count). The summed E-state index contributed by atoms with van der Waals surface area (Å²) in [5.74, 6) is 0. The van der Waals surface area contributed by atoms with E-state index in [1.165, 1.54) is 25.7 Å². The Labute approximate surface area is 90.4 Å². The van der Waals surface area contributed by atoms with Gasteiger partial charge < -0.3 is 4.74 Å². The van der Waals surface area contributed by atoms with Gasteiger partial charge in [-0.2, -0.15) is 0 Å². The minimum absolute atomic E-state index is 0.0120. The zero-order chi connectivity index (χ0) is 9.61. The van der Waals surface area contributed by atoms with Gasteiger partial charge in [0.25, 0.3) is 0 Å². The molecule has 0 heterocycles. The quantitative estimate of drug-likeness (QED) is 0.419. The van der Waals surface area contributed by atoms with Crippen LogP contribution in [0.25, 0.3) is 0 Å². The van der Waals surface area contributed by atoms with E-state index in [9.17, 15) is 0 Å². The molecule has 0 N–H and O–H groups in total. The summed E-state index contributed by atoms with van der Waals surface area (Å²) >= 11 is 2.38. The summed E-state index contributed by atoms with van der Waals surface area (Å²) in [5, 5.41) is 0. The van der Waals surface area contributed by atoms with Gasteiger partial charge in [-0.3, -0.25) is 0 Å². The van der Waals surface area contributed by atoms with E-state index in [-0.39, 0.29) is 5.60 Å². The van der Waals surface area contributed by atoms with Gasteiger partial charge >= 0.3 is 0 Å². The molecule has 0 bridgehead atoms. The highest BCUT2D eigenvalue weighted by molar-refractivity contribution is 14.1. The largest absolute Gasteiger partial charge is 0.362 e. The SMILES string of the molecule is CCCCCC(I)OC(C)(C)C. The molecule has 1 atom stereocenters. The Morgan fingerprint density at radius 2 is 1.83 bits per heavy atom. The van der Waals surface area contributed by atoms with Crippen LogP contribution in [0.2, 0.25) is 0 Å². The van der Waals surface area contributed by atoms with E-state index in [4.69, 9.17) is 4.74 Å². The number of rotatable bonds is 5. The molecule has 0 radical (unpaired) electrons. The van der Waals surface area contributed by atoms with Crippen LogP contribution in [0, 0.1) is 0 Å². The van der Waals surface area contributed by atoms with E-state index in [2.05, 4.69) is 50.3 Å². The summed E-state index contributed by atoms with van der Waals surface area (Å²) in [4.78, 5) is 0. The van der Waals surface area contributed by atoms with Crippen molar-refractivity contribution < 1.29 is 4.74 Å². The first-order valence-corrected chi connectivity index (χ1v) is 6.02. The van der Waals surface area contributed by atoms with Gasteiger partial charge in [0, 0.05) is 0 Å². The molecule has 1 unspecified atom stereocenters. The van der Waals surface area contributed by atoms with Crippen LogP contribution in [0.4, 0.5) is 0 Å². The lowest BCUT2D eigenvalue weighted by molar-refractivity contribution is -0.0147. The highest BCUT2D eigenvalue weighted by Gasteiger charge is 2.15. The summed E-state index contributed by atoms with van der Waals surface area (Å²) in [5.41, 5.74) is 0.0120. The van der Waals surface area contributed by atoms with Crippen molar-refractivity contribution in [2.24, 2.45) is 0 Å². The van der Waals surface area contributed by atoms with Crippen molar-refractivity contribution in [1.29, 1.82) is 0 Å². The van der Waals surface area contributed by atoms with Crippen molar-refractivity contribution >= 4 is 22.6 Å². The van der Waals surface area contributed by atoms with Gasteiger partial charge in [-0.25, -0.2) is 0 Å². The van der Waals surface area contributed by atoms with Crippen molar-refractivity contribution in [2.75, 3.05) is 0 Å². The van der Waals surface area contributed by atoms with Crippen molar-refractivity contribution in [3.05, 3.63) is 0 Å². The van der Waals surface area contributed by atoms with E-state index < -0.39 is 0 Å². The Balaban J connectivity index is 3.40. The normalized spacial score (nSPS) is 14.8. The first-order valence-electron chi connectivity index (χ1n) is 4.77. The minimum Gasteiger partial charge on any atom is -0.362 e. The Morgan fingerprint density at radius 1 is 1.25 bits per heavy atom. The van der Waals surface area contributed by atoms with Gasteiger partial charge in [0.1, 0.15) is 4.11 Å². The molecular formula is C10H21IO. The Hall–Kier alpha value is 0.690. The zero-order valence-corrected chi connectivity index (χ0v) is 10.8. The number of alkyl halides is 1.